The first-order valence-electron chi connectivity index (χ1n) is 11.2. The molecule has 4 aromatic rings. The van der Waals surface area contributed by atoms with Crippen molar-refractivity contribution in [1.29, 1.82) is 0 Å². The molecule has 0 saturated heterocycles. The van der Waals surface area contributed by atoms with E-state index in [0.29, 0.717) is 0 Å². The quantitative estimate of drug-likeness (QED) is 0.316. The third-order valence-electron chi connectivity index (χ3n) is 5.77. The molecule has 3 heteroatoms. The summed E-state index contributed by atoms with van der Waals surface area (Å²) in [6, 6.07) is 28.4. The van der Waals surface area contributed by atoms with Gasteiger partial charge in [0.15, 0.2) is 0 Å². The molecule has 2 nitrogen and oxygen atoms in total. The van der Waals surface area contributed by atoms with Crippen molar-refractivity contribution >= 4 is 23.8 Å². The molecule has 0 fully saturated rings. The van der Waals surface area contributed by atoms with Crippen LogP contribution < -0.4 is 25.4 Å². The van der Waals surface area contributed by atoms with Crippen molar-refractivity contribution < 1.29 is 9.47 Å². The Balaban J connectivity index is 2.08. The third-order valence-corrected chi connectivity index (χ3v) is 8.17. The molecule has 4 rings (SSSR count). The molecule has 0 unspecified atom stereocenters. The van der Waals surface area contributed by atoms with Crippen molar-refractivity contribution in [2.75, 3.05) is 14.2 Å². The van der Waals surface area contributed by atoms with Gasteiger partial charge in [-0.2, -0.15) is 0 Å². The summed E-state index contributed by atoms with van der Waals surface area (Å²) in [7, 11) is 2.64. The molecule has 0 N–H and O–H groups in total. The summed E-state index contributed by atoms with van der Waals surface area (Å²) in [5, 5.41) is 3.96. The number of hydrogen-bond acceptors (Lipinski definition) is 2. The van der Waals surface area contributed by atoms with Crippen LogP contribution in [0.25, 0.3) is 11.1 Å². The Labute approximate surface area is 199 Å². The second-order valence-electron chi connectivity index (χ2n) is 8.58. The average molecular weight is 455 g/mol. The zero-order valence-corrected chi connectivity index (χ0v) is 21.2. The molecule has 0 bridgehead atoms. The Morgan fingerprint density at radius 1 is 0.545 bits per heavy atom. The topological polar surface area (TPSA) is 18.5 Å². The predicted octanol–water partition coefficient (Wildman–Crippen LogP) is 6.36. The molecule has 0 spiro atoms. The van der Waals surface area contributed by atoms with Gasteiger partial charge < -0.3 is 9.47 Å². The van der Waals surface area contributed by atoms with Gasteiger partial charge in [-0.05, 0) is 63.7 Å². The number of para-hydroxylation sites is 1. The first-order valence-corrected chi connectivity index (χ1v) is 12.5. The Morgan fingerprint density at radius 3 is 1.55 bits per heavy atom. The van der Waals surface area contributed by atoms with E-state index in [9.17, 15) is 0 Å². The minimum Gasteiger partial charge on any atom is -0.496 e. The smallest absolute Gasteiger partial charge is 0.127 e. The molecule has 4 aromatic carbocycles. The Bertz CT molecular complexity index is 1200. The number of ether oxygens (including phenoxy) is 2. The number of hydrogen-bond donors (Lipinski definition) is 0. The summed E-state index contributed by atoms with van der Waals surface area (Å²) in [6.45, 7) is 8.72. The van der Waals surface area contributed by atoms with Crippen LogP contribution in [0.5, 0.6) is 11.5 Å². The minimum atomic E-state index is -0.830. The van der Waals surface area contributed by atoms with E-state index in [1.54, 1.807) is 14.2 Å². The highest BCUT2D eigenvalue weighted by atomic mass is 31.1. The van der Waals surface area contributed by atoms with E-state index in [0.717, 1.165) is 22.6 Å². The fourth-order valence-electron chi connectivity index (χ4n) is 4.58. The lowest BCUT2D eigenvalue weighted by atomic mass is 10.0. The fraction of sp³-hybridized carbons (Fsp3) is 0.200. The molecule has 0 aliphatic carbocycles. The molecule has 0 amide bonds. The van der Waals surface area contributed by atoms with E-state index >= 15 is 0 Å². The summed E-state index contributed by atoms with van der Waals surface area (Å²) in [6.07, 6.45) is 0. The van der Waals surface area contributed by atoms with Crippen molar-refractivity contribution in [3.63, 3.8) is 0 Å². The standard InChI is InChI=1S/C30H31O2P/c1-20-14-21(2)17-24(16-20)33(25-18-22(3)15-23(4)19-25)29-13-9-12-28(32-6)30(29)26-10-7-8-11-27(26)31-5/h7-19H,1-6H3. The number of rotatable bonds is 6. The van der Waals surface area contributed by atoms with Gasteiger partial charge in [-0.3, -0.25) is 0 Å². The molecule has 0 aliphatic heterocycles. The molecule has 0 heterocycles. The van der Waals surface area contributed by atoms with Gasteiger partial charge in [-0.1, -0.05) is 89.0 Å². The van der Waals surface area contributed by atoms with Gasteiger partial charge in [0.2, 0.25) is 0 Å². The van der Waals surface area contributed by atoms with Crippen molar-refractivity contribution in [2.24, 2.45) is 0 Å². The van der Waals surface area contributed by atoms with Gasteiger partial charge in [-0.25, -0.2) is 0 Å². The maximum absolute atomic E-state index is 5.91. The Morgan fingerprint density at radius 2 is 1.03 bits per heavy atom. The van der Waals surface area contributed by atoms with Gasteiger partial charge >= 0.3 is 0 Å². The summed E-state index contributed by atoms with van der Waals surface area (Å²) in [5.41, 5.74) is 7.27. The van der Waals surface area contributed by atoms with Crippen LogP contribution in [0, 0.1) is 27.7 Å². The summed E-state index contributed by atoms with van der Waals surface area (Å²) in [4.78, 5) is 0. The molecule has 0 aromatic heterocycles. The molecule has 33 heavy (non-hydrogen) atoms. The van der Waals surface area contributed by atoms with Crippen LogP contribution >= 0.6 is 7.92 Å². The van der Waals surface area contributed by atoms with E-state index in [-0.39, 0.29) is 0 Å². The molecule has 0 atom stereocenters. The second kappa shape index (κ2) is 9.81. The number of methoxy groups -OCH3 is 2. The van der Waals surface area contributed by atoms with Gasteiger partial charge in [0.1, 0.15) is 11.5 Å². The maximum Gasteiger partial charge on any atom is 0.127 e. The first-order chi connectivity index (χ1) is 15.9. The van der Waals surface area contributed by atoms with Crippen LogP contribution in [0.4, 0.5) is 0 Å². The largest absolute Gasteiger partial charge is 0.496 e. The van der Waals surface area contributed by atoms with E-state index in [4.69, 9.17) is 9.47 Å². The van der Waals surface area contributed by atoms with E-state index in [1.807, 2.05) is 18.2 Å². The molecule has 0 saturated carbocycles. The van der Waals surface area contributed by atoms with Crippen LogP contribution in [0.3, 0.4) is 0 Å². The highest BCUT2D eigenvalue weighted by molar-refractivity contribution is 7.80. The second-order valence-corrected chi connectivity index (χ2v) is 10.8. The zero-order valence-electron chi connectivity index (χ0n) is 20.3. The fourth-order valence-corrected chi connectivity index (χ4v) is 7.46. The number of aryl methyl sites for hydroxylation is 4. The van der Waals surface area contributed by atoms with Crippen LogP contribution in [0.2, 0.25) is 0 Å². The number of benzene rings is 4. The lowest BCUT2D eigenvalue weighted by Crippen LogP contribution is -2.23. The lowest BCUT2D eigenvalue weighted by Gasteiger charge is -2.26. The third kappa shape index (κ3) is 4.82. The monoisotopic (exact) mass is 454 g/mol. The van der Waals surface area contributed by atoms with E-state index < -0.39 is 7.92 Å². The van der Waals surface area contributed by atoms with Crippen LogP contribution in [0.15, 0.2) is 78.9 Å². The summed E-state index contributed by atoms with van der Waals surface area (Å²) in [5.74, 6) is 1.71. The molecular formula is C30H31O2P. The first kappa shape index (κ1) is 23.1. The molecule has 168 valence electrons. The van der Waals surface area contributed by atoms with E-state index in [2.05, 4.69) is 88.4 Å². The van der Waals surface area contributed by atoms with Gasteiger partial charge in [0, 0.05) is 11.1 Å². The lowest BCUT2D eigenvalue weighted by molar-refractivity contribution is 0.410. The molecule has 0 radical (unpaired) electrons. The highest BCUT2D eigenvalue weighted by Gasteiger charge is 2.25. The van der Waals surface area contributed by atoms with Gasteiger partial charge in [0.25, 0.3) is 0 Å². The minimum absolute atomic E-state index is 0.830. The van der Waals surface area contributed by atoms with Crippen LogP contribution in [0.1, 0.15) is 22.3 Å². The average Bonchev–Trinajstić information content (AvgIpc) is 2.78. The Hall–Kier alpha value is -3.09. The van der Waals surface area contributed by atoms with E-state index in [1.165, 1.54) is 38.2 Å². The highest BCUT2D eigenvalue weighted by Crippen LogP contribution is 2.43. The normalized spacial score (nSPS) is 11.0. The Kier molecular flexibility index (Phi) is 6.86. The van der Waals surface area contributed by atoms with Crippen molar-refractivity contribution in [2.45, 2.75) is 27.7 Å². The van der Waals surface area contributed by atoms with Crippen molar-refractivity contribution in [3.05, 3.63) is 101 Å². The molecule has 0 aliphatic rings. The summed E-state index contributed by atoms with van der Waals surface area (Å²) >= 11 is 0. The predicted molar refractivity (Wildman–Crippen MR) is 143 cm³/mol. The SMILES string of the molecule is COc1ccccc1-c1c(OC)cccc1P(c1cc(C)cc(C)c1)c1cc(C)cc(C)c1. The van der Waals surface area contributed by atoms with Gasteiger partial charge in [-0.15, -0.1) is 0 Å². The van der Waals surface area contributed by atoms with Crippen molar-refractivity contribution in [3.8, 4) is 22.6 Å². The van der Waals surface area contributed by atoms with Crippen molar-refractivity contribution in [1.82, 2.24) is 0 Å². The van der Waals surface area contributed by atoms with Gasteiger partial charge in [0.05, 0.1) is 14.2 Å². The van der Waals surface area contributed by atoms with Crippen LogP contribution in [-0.4, -0.2) is 14.2 Å². The molecular weight excluding hydrogens is 423 g/mol. The zero-order chi connectivity index (χ0) is 23.5. The summed E-state index contributed by atoms with van der Waals surface area (Å²) < 4.78 is 11.7. The van der Waals surface area contributed by atoms with Crippen LogP contribution in [-0.2, 0) is 0 Å². The maximum atomic E-state index is 5.91.